The fourth-order valence-electron chi connectivity index (χ4n) is 1.91. The molecule has 0 spiro atoms. The van der Waals surface area contributed by atoms with Crippen LogP contribution in [0.1, 0.15) is 29.8 Å². The molecular weight excluding hydrogens is 202 g/mol. The molecule has 2 aromatic heterocycles. The number of imidazole rings is 1. The molecule has 0 aromatic carbocycles. The van der Waals surface area contributed by atoms with Gasteiger partial charge in [0.05, 0.1) is 6.20 Å². The van der Waals surface area contributed by atoms with Gasteiger partial charge in [-0.1, -0.05) is 6.07 Å². The Balaban J connectivity index is 1.89. The van der Waals surface area contributed by atoms with Crippen LogP contribution in [-0.4, -0.2) is 21.3 Å². The number of carbonyl (C=O) groups excluding carboxylic acids is 1. The van der Waals surface area contributed by atoms with Gasteiger partial charge in [-0.05, 0) is 31.4 Å². The molecule has 1 amide bonds. The summed E-state index contributed by atoms with van der Waals surface area (Å²) in [4.78, 5) is 16.1. The Bertz CT molecular complexity index is 528. The normalized spacial score (nSPS) is 16.0. The summed E-state index contributed by atoms with van der Waals surface area (Å²) < 4.78 is 1.81. The number of rotatable bonds is 2. The zero-order valence-corrected chi connectivity index (χ0v) is 8.89. The molecule has 4 heteroatoms. The van der Waals surface area contributed by atoms with E-state index in [9.17, 15) is 4.79 Å². The van der Waals surface area contributed by atoms with Crippen molar-refractivity contribution in [2.45, 2.75) is 25.3 Å². The van der Waals surface area contributed by atoms with Gasteiger partial charge < -0.3 is 5.32 Å². The topological polar surface area (TPSA) is 46.4 Å². The van der Waals surface area contributed by atoms with E-state index in [1.807, 2.05) is 28.8 Å². The van der Waals surface area contributed by atoms with E-state index in [-0.39, 0.29) is 5.91 Å². The number of hydrogen-bond acceptors (Lipinski definition) is 2. The van der Waals surface area contributed by atoms with Gasteiger partial charge in [0.25, 0.3) is 5.91 Å². The van der Waals surface area contributed by atoms with Crippen LogP contribution in [-0.2, 0) is 0 Å². The minimum atomic E-state index is -0.0246. The predicted octanol–water partition coefficient (Wildman–Crippen LogP) is 1.62. The van der Waals surface area contributed by atoms with E-state index in [1.165, 1.54) is 6.42 Å². The van der Waals surface area contributed by atoms with Crippen LogP contribution in [0.15, 0.2) is 30.6 Å². The van der Waals surface area contributed by atoms with E-state index in [2.05, 4.69) is 10.3 Å². The number of nitrogens with zero attached hydrogens (tertiary/aromatic N) is 2. The lowest BCUT2D eigenvalue weighted by Gasteiger charge is -2.26. The molecule has 1 fully saturated rings. The van der Waals surface area contributed by atoms with Crippen molar-refractivity contribution in [3.05, 3.63) is 36.3 Å². The first-order valence-corrected chi connectivity index (χ1v) is 5.57. The molecule has 0 saturated heterocycles. The summed E-state index contributed by atoms with van der Waals surface area (Å²) in [6.07, 6.45) is 6.91. The molecule has 0 unspecified atom stereocenters. The summed E-state index contributed by atoms with van der Waals surface area (Å²) in [5.41, 5.74) is 1.42. The second-order valence-corrected chi connectivity index (χ2v) is 4.17. The quantitative estimate of drug-likeness (QED) is 0.827. The molecule has 0 atom stereocenters. The van der Waals surface area contributed by atoms with Crippen LogP contribution in [0.2, 0.25) is 0 Å². The lowest BCUT2D eigenvalue weighted by atomic mass is 9.93. The van der Waals surface area contributed by atoms with E-state index >= 15 is 0 Å². The van der Waals surface area contributed by atoms with Gasteiger partial charge in [-0.25, -0.2) is 4.98 Å². The van der Waals surface area contributed by atoms with Crippen molar-refractivity contribution in [3.8, 4) is 0 Å². The summed E-state index contributed by atoms with van der Waals surface area (Å²) in [5.74, 6) is -0.0246. The number of aromatic nitrogens is 2. The minimum Gasteiger partial charge on any atom is -0.348 e. The van der Waals surface area contributed by atoms with Crippen LogP contribution in [0.25, 0.3) is 5.65 Å². The fraction of sp³-hybridized carbons (Fsp3) is 0.333. The molecule has 1 aliphatic carbocycles. The summed E-state index contributed by atoms with van der Waals surface area (Å²) >= 11 is 0. The third kappa shape index (κ3) is 1.46. The fourth-order valence-corrected chi connectivity index (χ4v) is 1.91. The van der Waals surface area contributed by atoms with Crippen molar-refractivity contribution in [1.82, 2.24) is 14.7 Å². The average Bonchev–Trinajstić information content (AvgIpc) is 2.67. The molecule has 1 saturated carbocycles. The molecule has 16 heavy (non-hydrogen) atoms. The molecule has 0 aliphatic heterocycles. The SMILES string of the molecule is O=C(NC1CCC1)c1cnc2ccccn12. The first-order valence-electron chi connectivity index (χ1n) is 5.57. The molecule has 0 bridgehead atoms. The lowest BCUT2D eigenvalue weighted by molar-refractivity contribution is 0.0911. The van der Waals surface area contributed by atoms with Crippen molar-refractivity contribution in [1.29, 1.82) is 0 Å². The van der Waals surface area contributed by atoms with Crippen molar-refractivity contribution < 1.29 is 4.79 Å². The van der Waals surface area contributed by atoms with Gasteiger partial charge in [-0.3, -0.25) is 9.20 Å². The smallest absolute Gasteiger partial charge is 0.270 e. The lowest BCUT2D eigenvalue weighted by Crippen LogP contribution is -2.39. The first-order chi connectivity index (χ1) is 7.84. The van der Waals surface area contributed by atoms with E-state index in [4.69, 9.17) is 0 Å². The number of carbonyl (C=O) groups is 1. The first kappa shape index (κ1) is 9.39. The van der Waals surface area contributed by atoms with Gasteiger partial charge in [-0.2, -0.15) is 0 Å². The third-order valence-electron chi connectivity index (χ3n) is 3.09. The van der Waals surface area contributed by atoms with E-state index in [0.29, 0.717) is 11.7 Å². The molecule has 1 N–H and O–H groups in total. The summed E-state index contributed by atoms with van der Waals surface area (Å²) in [5, 5.41) is 3.01. The monoisotopic (exact) mass is 215 g/mol. The van der Waals surface area contributed by atoms with E-state index < -0.39 is 0 Å². The molecular formula is C12H13N3O. The number of amides is 1. The average molecular weight is 215 g/mol. The Morgan fingerprint density at radius 3 is 3.06 bits per heavy atom. The second-order valence-electron chi connectivity index (χ2n) is 4.17. The molecule has 2 aromatic rings. The summed E-state index contributed by atoms with van der Waals surface area (Å²) in [6, 6.07) is 6.06. The Morgan fingerprint density at radius 2 is 2.31 bits per heavy atom. The zero-order valence-electron chi connectivity index (χ0n) is 8.89. The molecule has 1 aliphatic rings. The molecule has 0 radical (unpaired) electrons. The van der Waals surface area contributed by atoms with E-state index in [0.717, 1.165) is 18.5 Å². The maximum atomic E-state index is 12.0. The maximum Gasteiger partial charge on any atom is 0.270 e. The van der Waals surface area contributed by atoms with Crippen molar-refractivity contribution in [3.63, 3.8) is 0 Å². The molecule has 2 heterocycles. The van der Waals surface area contributed by atoms with Crippen molar-refractivity contribution in [2.75, 3.05) is 0 Å². The largest absolute Gasteiger partial charge is 0.348 e. The number of hydrogen-bond donors (Lipinski definition) is 1. The number of nitrogens with one attached hydrogen (secondary N) is 1. The van der Waals surface area contributed by atoms with Crippen LogP contribution in [0.4, 0.5) is 0 Å². The predicted molar refractivity (Wildman–Crippen MR) is 60.3 cm³/mol. The number of fused-ring (bicyclic) bond motifs is 1. The second kappa shape index (κ2) is 3.63. The molecule has 3 rings (SSSR count). The highest BCUT2D eigenvalue weighted by molar-refractivity contribution is 5.93. The van der Waals surface area contributed by atoms with Gasteiger partial charge in [0.15, 0.2) is 0 Å². The van der Waals surface area contributed by atoms with Gasteiger partial charge >= 0.3 is 0 Å². The van der Waals surface area contributed by atoms with Crippen LogP contribution >= 0.6 is 0 Å². The number of pyridine rings is 1. The third-order valence-corrected chi connectivity index (χ3v) is 3.09. The highest BCUT2D eigenvalue weighted by atomic mass is 16.2. The van der Waals surface area contributed by atoms with Gasteiger partial charge in [0.1, 0.15) is 11.3 Å². The minimum absolute atomic E-state index is 0.0246. The summed E-state index contributed by atoms with van der Waals surface area (Å²) in [7, 11) is 0. The highest BCUT2D eigenvalue weighted by Gasteiger charge is 2.21. The Morgan fingerprint density at radius 1 is 1.44 bits per heavy atom. The van der Waals surface area contributed by atoms with Crippen molar-refractivity contribution >= 4 is 11.6 Å². The van der Waals surface area contributed by atoms with Crippen LogP contribution in [0.3, 0.4) is 0 Å². The highest BCUT2D eigenvalue weighted by Crippen LogP contribution is 2.18. The standard InChI is InChI=1S/C12H13N3O/c16-12(14-9-4-3-5-9)10-8-13-11-6-1-2-7-15(10)11/h1-2,6-9H,3-5H2,(H,14,16). The van der Waals surface area contributed by atoms with Crippen LogP contribution < -0.4 is 5.32 Å². The Hall–Kier alpha value is -1.84. The Labute approximate surface area is 93.3 Å². The summed E-state index contributed by atoms with van der Waals surface area (Å²) in [6.45, 7) is 0. The van der Waals surface area contributed by atoms with Gasteiger partial charge in [0, 0.05) is 12.2 Å². The van der Waals surface area contributed by atoms with Gasteiger partial charge in [-0.15, -0.1) is 0 Å². The Kier molecular flexibility index (Phi) is 2.13. The van der Waals surface area contributed by atoms with Crippen LogP contribution in [0, 0.1) is 0 Å². The molecule has 82 valence electrons. The van der Waals surface area contributed by atoms with Crippen LogP contribution in [0.5, 0.6) is 0 Å². The van der Waals surface area contributed by atoms with E-state index in [1.54, 1.807) is 6.20 Å². The van der Waals surface area contributed by atoms with Gasteiger partial charge in [0.2, 0.25) is 0 Å². The maximum absolute atomic E-state index is 12.0. The molecule has 4 nitrogen and oxygen atoms in total. The zero-order chi connectivity index (χ0) is 11.0. The van der Waals surface area contributed by atoms with Crippen molar-refractivity contribution in [2.24, 2.45) is 0 Å².